The molecule has 0 saturated heterocycles. The summed E-state index contributed by atoms with van der Waals surface area (Å²) in [5.74, 6) is 0.590. The van der Waals surface area contributed by atoms with E-state index in [0.29, 0.717) is 5.82 Å². The highest BCUT2D eigenvalue weighted by Gasteiger charge is 2.20. The number of carbonyl (C=O) groups excluding carboxylic acids is 1. The summed E-state index contributed by atoms with van der Waals surface area (Å²) in [4.78, 5) is 16.6. The Labute approximate surface area is 148 Å². The van der Waals surface area contributed by atoms with Crippen LogP contribution < -0.4 is 10.6 Å². The molecule has 1 aliphatic carbocycles. The Hall–Kier alpha value is -2.37. The Kier molecular flexibility index (Phi) is 4.42. The summed E-state index contributed by atoms with van der Waals surface area (Å²) in [5, 5.41) is 10.4. The zero-order chi connectivity index (χ0) is 17.2. The van der Waals surface area contributed by atoms with Crippen LogP contribution in [0.1, 0.15) is 49.8 Å². The quantitative estimate of drug-likeness (QED) is 0.896. The molecule has 0 bridgehead atoms. The maximum atomic E-state index is 12.3. The molecule has 6 heteroatoms. The highest BCUT2D eigenvalue weighted by molar-refractivity contribution is 5.89. The van der Waals surface area contributed by atoms with Gasteiger partial charge in [0, 0.05) is 30.0 Å². The molecule has 0 aromatic carbocycles. The van der Waals surface area contributed by atoms with E-state index in [1.807, 2.05) is 25.4 Å². The number of nitrogens with one attached hydrogen (secondary N) is 2. The van der Waals surface area contributed by atoms with E-state index in [-0.39, 0.29) is 12.1 Å². The molecule has 1 saturated carbocycles. The fourth-order valence-electron chi connectivity index (χ4n) is 3.96. The normalized spacial score (nSPS) is 17.3. The van der Waals surface area contributed by atoms with Crippen LogP contribution >= 0.6 is 0 Å². The zero-order valence-electron chi connectivity index (χ0n) is 14.7. The van der Waals surface area contributed by atoms with E-state index in [0.717, 1.165) is 48.9 Å². The van der Waals surface area contributed by atoms with E-state index in [1.165, 1.54) is 25.0 Å². The molecule has 4 rings (SSSR count). The van der Waals surface area contributed by atoms with Crippen molar-refractivity contribution in [3.63, 3.8) is 0 Å². The third-order valence-corrected chi connectivity index (χ3v) is 5.31. The Morgan fingerprint density at radius 3 is 2.84 bits per heavy atom. The molecule has 3 heterocycles. The number of amides is 2. The minimum absolute atomic E-state index is 0.158. The molecule has 2 amide bonds. The molecule has 0 radical (unpaired) electrons. The van der Waals surface area contributed by atoms with Gasteiger partial charge in [-0.25, -0.2) is 9.78 Å². The second-order valence-corrected chi connectivity index (χ2v) is 7.15. The van der Waals surface area contributed by atoms with E-state index >= 15 is 0 Å². The number of carbonyl (C=O) groups is 1. The van der Waals surface area contributed by atoms with Crippen LogP contribution in [0, 0.1) is 6.92 Å². The molecule has 1 fully saturated rings. The van der Waals surface area contributed by atoms with Gasteiger partial charge in [0.25, 0.3) is 0 Å². The van der Waals surface area contributed by atoms with Crippen LogP contribution in [0.4, 0.5) is 10.6 Å². The number of anilines is 1. The van der Waals surface area contributed by atoms with Crippen LogP contribution in [0.5, 0.6) is 0 Å². The van der Waals surface area contributed by atoms with Crippen molar-refractivity contribution in [2.24, 2.45) is 0 Å². The lowest BCUT2D eigenvalue weighted by molar-refractivity contribution is 0.244. The molecule has 0 unspecified atom stereocenters. The second kappa shape index (κ2) is 6.86. The number of nitrogens with zero attached hydrogens (tertiary/aromatic N) is 3. The van der Waals surface area contributed by atoms with Crippen molar-refractivity contribution in [3.05, 3.63) is 29.7 Å². The highest BCUT2D eigenvalue weighted by atomic mass is 16.2. The summed E-state index contributed by atoms with van der Waals surface area (Å²) in [6, 6.07) is 2.10. The lowest BCUT2D eigenvalue weighted by Crippen LogP contribution is -2.39. The third-order valence-electron chi connectivity index (χ3n) is 5.31. The van der Waals surface area contributed by atoms with Gasteiger partial charge in [0.1, 0.15) is 5.82 Å². The van der Waals surface area contributed by atoms with Crippen molar-refractivity contribution in [1.29, 1.82) is 0 Å². The summed E-state index contributed by atoms with van der Waals surface area (Å²) >= 11 is 0. The Morgan fingerprint density at radius 1 is 1.16 bits per heavy atom. The van der Waals surface area contributed by atoms with Gasteiger partial charge >= 0.3 is 6.03 Å². The molecular formula is C19H25N5O. The Balaban J connectivity index is 1.50. The standard InChI is InChI=1S/C19H25N5O/c1-13-11-20-18(23-19(25)22-14-6-3-2-4-7-14)10-15(13)16-12-21-24-9-5-8-17(16)24/h10-12,14H,2-9H2,1H3,(H2,20,22,23,25). The Bertz CT molecular complexity index is 776. The molecule has 2 aromatic rings. The monoisotopic (exact) mass is 339 g/mol. The van der Waals surface area contributed by atoms with Gasteiger partial charge in [0.15, 0.2) is 0 Å². The van der Waals surface area contributed by atoms with Crippen LogP contribution in [0.2, 0.25) is 0 Å². The molecule has 6 nitrogen and oxygen atoms in total. The third kappa shape index (κ3) is 3.38. The molecule has 2 aliphatic rings. The van der Waals surface area contributed by atoms with Gasteiger partial charge in [-0.15, -0.1) is 0 Å². The summed E-state index contributed by atoms with van der Waals surface area (Å²) in [6.45, 7) is 3.04. The average molecular weight is 339 g/mol. The first-order valence-electron chi connectivity index (χ1n) is 9.30. The van der Waals surface area contributed by atoms with Crippen LogP contribution in [-0.4, -0.2) is 26.8 Å². The number of rotatable bonds is 3. The van der Waals surface area contributed by atoms with Crippen molar-refractivity contribution in [3.8, 4) is 11.1 Å². The molecule has 2 N–H and O–H groups in total. The number of fused-ring (bicyclic) bond motifs is 1. The minimum Gasteiger partial charge on any atom is -0.335 e. The molecule has 0 spiro atoms. The van der Waals surface area contributed by atoms with E-state index in [1.54, 1.807) is 0 Å². The SMILES string of the molecule is Cc1cnc(NC(=O)NC2CCCCC2)cc1-c1cnn2c1CCC2. The molecule has 1 aliphatic heterocycles. The maximum absolute atomic E-state index is 12.3. The summed E-state index contributed by atoms with van der Waals surface area (Å²) in [5.41, 5.74) is 4.65. The van der Waals surface area contributed by atoms with E-state index in [4.69, 9.17) is 0 Å². The number of aryl methyl sites for hydroxylation is 2. The summed E-state index contributed by atoms with van der Waals surface area (Å²) < 4.78 is 2.08. The van der Waals surface area contributed by atoms with Gasteiger partial charge in [0.05, 0.1) is 6.20 Å². The van der Waals surface area contributed by atoms with Gasteiger partial charge in [-0.1, -0.05) is 19.3 Å². The van der Waals surface area contributed by atoms with Crippen LogP contribution in [0.15, 0.2) is 18.5 Å². The molecule has 132 valence electrons. The van der Waals surface area contributed by atoms with Gasteiger partial charge in [0.2, 0.25) is 0 Å². The number of pyridine rings is 1. The van der Waals surface area contributed by atoms with Gasteiger partial charge in [-0.2, -0.15) is 5.10 Å². The van der Waals surface area contributed by atoms with Crippen molar-refractivity contribution in [2.75, 3.05) is 5.32 Å². The first-order chi connectivity index (χ1) is 12.2. The lowest BCUT2D eigenvalue weighted by Gasteiger charge is -2.22. The number of aromatic nitrogens is 3. The first-order valence-corrected chi connectivity index (χ1v) is 9.30. The van der Waals surface area contributed by atoms with Gasteiger partial charge < -0.3 is 5.32 Å². The first kappa shape index (κ1) is 16.1. The number of hydrogen-bond acceptors (Lipinski definition) is 3. The predicted octanol–water partition coefficient (Wildman–Crippen LogP) is 3.65. The van der Waals surface area contributed by atoms with E-state index in [9.17, 15) is 4.79 Å². The van der Waals surface area contributed by atoms with Crippen molar-refractivity contribution < 1.29 is 4.79 Å². The van der Waals surface area contributed by atoms with E-state index in [2.05, 4.69) is 25.4 Å². The predicted molar refractivity (Wildman–Crippen MR) is 97.5 cm³/mol. The van der Waals surface area contributed by atoms with Crippen molar-refractivity contribution >= 4 is 11.8 Å². The largest absolute Gasteiger partial charge is 0.335 e. The zero-order valence-corrected chi connectivity index (χ0v) is 14.7. The Morgan fingerprint density at radius 2 is 2.00 bits per heavy atom. The maximum Gasteiger partial charge on any atom is 0.320 e. The summed E-state index contributed by atoms with van der Waals surface area (Å²) in [7, 11) is 0. The molecule has 25 heavy (non-hydrogen) atoms. The number of urea groups is 1. The van der Waals surface area contributed by atoms with Crippen molar-refractivity contribution in [1.82, 2.24) is 20.1 Å². The number of hydrogen-bond donors (Lipinski definition) is 2. The average Bonchev–Trinajstić information content (AvgIpc) is 3.21. The fraction of sp³-hybridized carbons (Fsp3) is 0.526. The minimum atomic E-state index is -0.158. The van der Waals surface area contributed by atoms with Gasteiger partial charge in [-0.3, -0.25) is 10.00 Å². The second-order valence-electron chi connectivity index (χ2n) is 7.15. The van der Waals surface area contributed by atoms with Crippen molar-refractivity contribution in [2.45, 2.75) is 64.5 Å². The smallest absolute Gasteiger partial charge is 0.320 e. The molecule has 0 atom stereocenters. The van der Waals surface area contributed by atoms with Crippen LogP contribution in [0.3, 0.4) is 0 Å². The fourth-order valence-corrected chi connectivity index (χ4v) is 3.96. The highest BCUT2D eigenvalue weighted by Crippen LogP contribution is 2.31. The lowest BCUT2D eigenvalue weighted by atomic mass is 9.96. The van der Waals surface area contributed by atoms with Crippen LogP contribution in [0.25, 0.3) is 11.1 Å². The van der Waals surface area contributed by atoms with Crippen LogP contribution in [-0.2, 0) is 13.0 Å². The molecule has 2 aromatic heterocycles. The summed E-state index contributed by atoms with van der Waals surface area (Å²) in [6.07, 6.45) is 11.8. The van der Waals surface area contributed by atoms with E-state index < -0.39 is 0 Å². The topological polar surface area (TPSA) is 71.8 Å². The van der Waals surface area contributed by atoms with Gasteiger partial charge in [-0.05, 0) is 49.8 Å². The molecular weight excluding hydrogens is 314 g/mol.